The molecule has 0 saturated heterocycles. The van der Waals surface area contributed by atoms with Crippen LogP contribution < -0.4 is 10.9 Å². The molecule has 0 heterocycles. The predicted molar refractivity (Wildman–Crippen MR) is 98.3 cm³/mol. The molecule has 0 bridgehead atoms. The molecule has 0 amide bonds. The van der Waals surface area contributed by atoms with E-state index in [1.807, 2.05) is 74.5 Å². The highest BCUT2D eigenvalue weighted by molar-refractivity contribution is 6.35. The number of benzene rings is 2. The molecule has 24 heavy (non-hydrogen) atoms. The van der Waals surface area contributed by atoms with Crippen LogP contribution in [0.25, 0.3) is 0 Å². The Kier molecular flexibility index (Phi) is 7.14. The van der Waals surface area contributed by atoms with Crippen molar-refractivity contribution in [2.45, 2.75) is 13.8 Å². The summed E-state index contributed by atoms with van der Waals surface area (Å²) in [6, 6.07) is 19.2. The van der Waals surface area contributed by atoms with Gasteiger partial charge in [0.2, 0.25) is 0 Å². The summed E-state index contributed by atoms with van der Waals surface area (Å²) in [6.45, 7) is 4.66. The summed E-state index contributed by atoms with van der Waals surface area (Å²) in [5, 5.41) is 8.53. The van der Waals surface area contributed by atoms with E-state index in [1.54, 1.807) is 0 Å². The van der Waals surface area contributed by atoms with E-state index in [2.05, 4.69) is 21.1 Å². The zero-order valence-corrected chi connectivity index (χ0v) is 13.9. The zero-order chi connectivity index (χ0) is 17.0. The number of anilines is 2. The second kappa shape index (κ2) is 9.89. The summed E-state index contributed by atoms with van der Waals surface area (Å²) in [4.78, 5) is 0. The first-order chi connectivity index (χ1) is 11.8. The molecule has 2 aromatic carbocycles. The van der Waals surface area contributed by atoms with Gasteiger partial charge in [0.1, 0.15) is 0 Å². The van der Waals surface area contributed by atoms with Crippen molar-refractivity contribution in [2.75, 3.05) is 24.1 Å². The molecule has 0 fully saturated rings. The maximum Gasteiger partial charge on any atom is 0.296 e. The Labute approximate surface area is 142 Å². The van der Waals surface area contributed by atoms with Gasteiger partial charge in [-0.15, -0.1) is 10.2 Å². The number of para-hydroxylation sites is 2. The Hall–Kier alpha value is -3.02. The summed E-state index contributed by atoms with van der Waals surface area (Å²) in [5.41, 5.74) is 7.58. The van der Waals surface area contributed by atoms with Crippen molar-refractivity contribution in [1.82, 2.24) is 0 Å². The third kappa shape index (κ3) is 5.64. The number of rotatable bonds is 6. The van der Waals surface area contributed by atoms with Crippen LogP contribution >= 0.6 is 0 Å². The van der Waals surface area contributed by atoms with Crippen LogP contribution in [0, 0.1) is 0 Å². The molecule has 0 aromatic heterocycles. The van der Waals surface area contributed by atoms with Gasteiger partial charge < -0.3 is 9.47 Å². The number of ether oxygens (including phenoxy) is 2. The highest BCUT2D eigenvalue weighted by Gasteiger charge is 2.13. The van der Waals surface area contributed by atoms with E-state index < -0.39 is 0 Å². The van der Waals surface area contributed by atoms with Crippen molar-refractivity contribution in [3.63, 3.8) is 0 Å². The highest BCUT2D eigenvalue weighted by Crippen LogP contribution is 2.07. The van der Waals surface area contributed by atoms with E-state index in [1.165, 1.54) is 0 Å². The summed E-state index contributed by atoms with van der Waals surface area (Å²) in [7, 11) is 0. The quantitative estimate of drug-likeness (QED) is 0.480. The molecule has 0 radical (unpaired) electrons. The molecule has 0 saturated carbocycles. The molecular weight excluding hydrogens is 304 g/mol. The number of hydrogen-bond acceptors (Lipinski definition) is 6. The molecule has 2 aromatic rings. The molecule has 6 heteroatoms. The lowest BCUT2D eigenvalue weighted by Gasteiger charge is -2.11. The van der Waals surface area contributed by atoms with Crippen molar-refractivity contribution in [3.05, 3.63) is 60.7 Å². The third-order valence-electron chi connectivity index (χ3n) is 2.87. The van der Waals surface area contributed by atoms with Gasteiger partial charge in [0.05, 0.1) is 24.6 Å². The number of nitrogens with one attached hydrogen (secondary N) is 2. The van der Waals surface area contributed by atoms with Crippen LogP contribution in [-0.2, 0) is 9.47 Å². The monoisotopic (exact) mass is 326 g/mol. The van der Waals surface area contributed by atoms with Gasteiger partial charge in [-0.3, -0.25) is 10.9 Å². The molecule has 0 atom stereocenters. The third-order valence-corrected chi connectivity index (χ3v) is 2.87. The van der Waals surface area contributed by atoms with Gasteiger partial charge in [0, 0.05) is 0 Å². The molecule has 2 rings (SSSR count). The lowest BCUT2D eigenvalue weighted by molar-refractivity contribution is 0.295. The smallest absolute Gasteiger partial charge is 0.296 e. The van der Waals surface area contributed by atoms with Crippen molar-refractivity contribution >= 4 is 23.2 Å². The molecule has 0 aliphatic rings. The van der Waals surface area contributed by atoms with Gasteiger partial charge in [-0.2, -0.15) is 0 Å². The molecular formula is C18H22N4O2. The van der Waals surface area contributed by atoms with E-state index in [0.29, 0.717) is 13.2 Å². The van der Waals surface area contributed by atoms with Crippen molar-refractivity contribution in [2.24, 2.45) is 10.2 Å². The maximum atomic E-state index is 5.56. The fourth-order valence-corrected chi connectivity index (χ4v) is 1.81. The fraction of sp³-hybridized carbons (Fsp3) is 0.222. The van der Waals surface area contributed by atoms with Gasteiger partial charge in [-0.1, -0.05) is 36.4 Å². The largest absolute Gasteiger partial charge is 0.473 e. The van der Waals surface area contributed by atoms with Crippen LogP contribution in [0.15, 0.2) is 70.9 Å². The average molecular weight is 326 g/mol. The van der Waals surface area contributed by atoms with Gasteiger partial charge in [-0.05, 0) is 38.1 Å². The summed E-state index contributed by atoms with van der Waals surface area (Å²) in [5.74, 6) is 0.568. The Bertz CT molecular complexity index is 598. The van der Waals surface area contributed by atoms with Crippen molar-refractivity contribution in [1.29, 1.82) is 0 Å². The topological polar surface area (TPSA) is 67.2 Å². The van der Waals surface area contributed by atoms with Crippen LogP contribution in [0.1, 0.15) is 13.8 Å². The normalized spacial score (nSPS) is 11.8. The molecule has 0 spiro atoms. The Balaban J connectivity index is 2.16. The minimum atomic E-state index is 0.284. The van der Waals surface area contributed by atoms with E-state index >= 15 is 0 Å². The van der Waals surface area contributed by atoms with Gasteiger partial charge in [0.15, 0.2) is 0 Å². The number of nitrogens with zero attached hydrogens (tertiary/aromatic N) is 2. The summed E-state index contributed by atoms with van der Waals surface area (Å²) < 4.78 is 11.1. The SMILES string of the molecule is CCOC(=NNc1ccccc1)C(=NNc1ccccc1)OCC. The molecule has 6 nitrogen and oxygen atoms in total. The van der Waals surface area contributed by atoms with Crippen LogP contribution in [0.2, 0.25) is 0 Å². The summed E-state index contributed by atoms with van der Waals surface area (Å²) >= 11 is 0. The predicted octanol–water partition coefficient (Wildman–Crippen LogP) is 3.91. The highest BCUT2D eigenvalue weighted by atomic mass is 16.5. The fourth-order valence-electron chi connectivity index (χ4n) is 1.81. The van der Waals surface area contributed by atoms with E-state index in [0.717, 1.165) is 11.4 Å². The van der Waals surface area contributed by atoms with Crippen LogP contribution in [0.5, 0.6) is 0 Å². The standard InChI is InChI=1S/C18H22N4O2/c1-3-23-17(21-19-15-11-7-5-8-12-15)18(24-4-2)22-20-16-13-9-6-10-14-16/h5-14,19-20H,3-4H2,1-2H3. The van der Waals surface area contributed by atoms with Gasteiger partial charge >= 0.3 is 0 Å². The first kappa shape index (κ1) is 17.3. The number of hydrazone groups is 2. The van der Waals surface area contributed by atoms with E-state index in [9.17, 15) is 0 Å². The van der Waals surface area contributed by atoms with Crippen LogP contribution in [0.4, 0.5) is 11.4 Å². The minimum Gasteiger partial charge on any atom is -0.473 e. The molecule has 0 aliphatic heterocycles. The van der Waals surface area contributed by atoms with Gasteiger partial charge in [0.25, 0.3) is 11.8 Å². The molecule has 2 N–H and O–H groups in total. The summed E-state index contributed by atoms with van der Waals surface area (Å²) in [6.07, 6.45) is 0. The zero-order valence-electron chi connectivity index (χ0n) is 13.9. The first-order valence-corrected chi connectivity index (χ1v) is 7.87. The van der Waals surface area contributed by atoms with Crippen molar-refractivity contribution in [3.8, 4) is 0 Å². The molecule has 0 unspecified atom stereocenters. The van der Waals surface area contributed by atoms with E-state index in [-0.39, 0.29) is 11.8 Å². The Morgan fingerprint density at radius 2 is 1.08 bits per heavy atom. The maximum absolute atomic E-state index is 5.56. The Morgan fingerprint density at radius 1 is 0.708 bits per heavy atom. The lowest BCUT2D eigenvalue weighted by atomic mass is 10.3. The average Bonchev–Trinajstić information content (AvgIpc) is 2.64. The van der Waals surface area contributed by atoms with E-state index in [4.69, 9.17) is 9.47 Å². The lowest BCUT2D eigenvalue weighted by Crippen LogP contribution is -2.23. The molecule has 0 aliphatic carbocycles. The second-order valence-electron chi connectivity index (χ2n) is 4.66. The Morgan fingerprint density at radius 3 is 1.42 bits per heavy atom. The van der Waals surface area contributed by atoms with Crippen LogP contribution in [-0.4, -0.2) is 25.0 Å². The van der Waals surface area contributed by atoms with Crippen LogP contribution in [0.3, 0.4) is 0 Å². The second-order valence-corrected chi connectivity index (χ2v) is 4.66. The minimum absolute atomic E-state index is 0.284. The number of hydrogen-bond donors (Lipinski definition) is 2. The first-order valence-electron chi connectivity index (χ1n) is 7.87. The molecule has 126 valence electrons. The van der Waals surface area contributed by atoms with Gasteiger partial charge in [-0.25, -0.2) is 0 Å². The van der Waals surface area contributed by atoms with Crippen molar-refractivity contribution < 1.29 is 9.47 Å².